The molecule has 1 aliphatic rings. The van der Waals surface area contributed by atoms with Gasteiger partial charge in [0.15, 0.2) is 0 Å². The Kier molecular flexibility index (Phi) is 3.42. The minimum Gasteiger partial charge on any atom is -0.327 e. The van der Waals surface area contributed by atoms with Crippen LogP contribution in [0.3, 0.4) is 0 Å². The van der Waals surface area contributed by atoms with Gasteiger partial charge in [0.1, 0.15) is 5.82 Å². The van der Waals surface area contributed by atoms with Crippen molar-refractivity contribution in [2.75, 3.05) is 0 Å². The molecule has 0 amide bonds. The van der Waals surface area contributed by atoms with Crippen LogP contribution in [-0.4, -0.2) is 6.04 Å². The van der Waals surface area contributed by atoms with Crippen molar-refractivity contribution >= 4 is 15.9 Å². The second kappa shape index (κ2) is 4.62. The summed E-state index contributed by atoms with van der Waals surface area (Å²) in [7, 11) is 0. The van der Waals surface area contributed by atoms with Gasteiger partial charge in [-0.15, -0.1) is 0 Å². The summed E-state index contributed by atoms with van der Waals surface area (Å²) < 4.78 is 14.1. The lowest BCUT2D eigenvalue weighted by atomic mass is 10.0. The van der Waals surface area contributed by atoms with Crippen molar-refractivity contribution in [1.29, 1.82) is 0 Å². The molecule has 0 aliphatic heterocycles. The summed E-state index contributed by atoms with van der Waals surface area (Å²) in [6.07, 6.45) is 4.13. The Morgan fingerprint density at radius 2 is 2.20 bits per heavy atom. The zero-order valence-corrected chi connectivity index (χ0v) is 10.1. The maximum absolute atomic E-state index is 13.6. The van der Waals surface area contributed by atoms with Crippen LogP contribution in [0.4, 0.5) is 4.39 Å². The Labute approximate surface area is 98.0 Å². The molecule has 3 heteroatoms. The molecule has 0 bridgehead atoms. The van der Waals surface area contributed by atoms with Crippen LogP contribution in [-0.2, 0) is 6.42 Å². The number of nitrogens with two attached hydrogens (primary N) is 1. The van der Waals surface area contributed by atoms with Crippen LogP contribution >= 0.6 is 15.9 Å². The van der Waals surface area contributed by atoms with Gasteiger partial charge in [0.25, 0.3) is 0 Å². The number of hydrogen-bond donors (Lipinski definition) is 1. The van der Waals surface area contributed by atoms with E-state index in [9.17, 15) is 4.39 Å². The lowest BCUT2D eigenvalue weighted by molar-refractivity contribution is 0.534. The van der Waals surface area contributed by atoms with Gasteiger partial charge < -0.3 is 5.73 Å². The quantitative estimate of drug-likeness (QED) is 0.894. The second-order valence-electron chi connectivity index (χ2n) is 4.25. The van der Waals surface area contributed by atoms with E-state index < -0.39 is 0 Å². The Morgan fingerprint density at radius 1 is 1.47 bits per heavy atom. The first-order chi connectivity index (χ1) is 7.18. The van der Waals surface area contributed by atoms with E-state index in [1.54, 1.807) is 6.07 Å². The molecular weight excluding hydrogens is 257 g/mol. The first-order valence-corrected chi connectivity index (χ1v) is 6.16. The highest BCUT2D eigenvalue weighted by atomic mass is 79.9. The van der Waals surface area contributed by atoms with Crippen molar-refractivity contribution in [3.05, 3.63) is 34.1 Å². The first kappa shape index (κ1) is 11.1. The standard InChI is InChI=1S/C12H15BrFN/c13-10-3-1-2-9(12(10)14)6-7-11(15)8-4-5-8/h1-3,8,11H,4-7,15H2. The van der Waals surface area contributed by atoms with Crippen LogP contribution in [0, 0.1) is 11.7 Å². The van der Waals surface area contributed by atoms with Gasteiger partial charge in [-0.1, -0.05) is 12.1 Å². The van der Waals surface area contributed by atoms with Crippen LogP contribution < -0.4 is 5.73 Å². The molecule has 2 rings (SSSR count). The molecule has 1 nitrogen and oxygen atoms in total. The average Bonchev–Trinajstić information content (AvgIpc) is 3.03. The van der Waals surface area contributed by atoms with Gasteiger partial charge in [-0.25, -0.2) is 4.39 Å². The summed E-state index contributed by atoms with van der Waals surface area (Å²) in [5.41, 5.74) is 6.75. The summed E-state index contributed by atoms with van der Waals surface area (Å²) in [5.74, 6) is 0.556. The van der Waals surface area contributed by atoms with Crippen molar-refractivity contribution in [3.8, 4) is 0 Å². The molecular formula is C12H15BrFN. The summed E-state index contributed by atoms with van der Waals surface area (Å²) >= 11 is 3.19. The predicted molar refractivity (Wildman–Crippen MR) is 63.1 cm³/mol. The Bertz CT molecular complexity index is 349. The van der Waals surface area contributed by atoms with Crippen molar-refractivity contribution in [1.82, 2.24) is 0 Å². The lowest BCUT2D eigenvalue weighted by Gasteiger charge is -2.10. The third kappa shape index (κ3) is 2.79. The van der Waals surface area contributed by atoms with E-state index in [0.717, 1.165) is 18.4 Å². The normalized spacial score (nSPS) is 17.8. The van der Waals surface area contributed by atoms with Gasteiger partial charge in [-0.3, -0.25) is 0 Å². The molecule has 1 aromatic carbocycles. The Hall–Kier alpha value is -0.410. The molecule has 0 spiro atoms. The van der Waals surface area contributed by atoms with Crippen molar-refractivity contribution < 1.29 is 4.39 Å². The van der Waals surface area contributed by atoms with E-state index in [1.165, 1.54) is 12.8 Å². The third-order valence-corrected chi connectivity index (χ3v) is 3.62. The average molecular weight is 272 g/mol. The Morgan fingerprint density at radius 3 is 2.87 bits per heavy atom. The smallest absolute Gasteiger partial charge is 0.140 e. The van der Waals surface area contributed by atoms with Gasteiger partial charge in [0.2, 0.25) is 0 Å². The highest BCUT2D eigenvalue weighted by molar-refractivity contribution is 9.10. The van der Waals surface area contributed by atoms with E-state index in [1.807, 2.05) is 12.1 Å². The zero-order chi connectivity index (χ0) is 10.8. The van der Waals surface area contributed by atoms with Crippen LogP contribution in [0.2, 0.25) is 0 Å². The molecule has 1 unspecified atom stereocenters. The van der Waals surface area contributed by atoms with E-state index in [0.29, 0.717) is 10.4 Å². The summed E-state index contributed by atoms with van der Waals surface area (Å²) in [6, 6.07) is 5.67. The fourth-order valence-corrected chi connectivity index (χ4v) is 2.23. The van der Waals surface area contributed by atoms with Crippen LogP contribution in [0.25, 0.3) is 0 Å². The summed E-state index contributed by atoms with van der Waals surface area (Å²) in [4.78, 5) is 0. The summed E-state index contributed by atoms with van der Waals surface area (Å²) in [6.45, 7) is 0. The largest absolute Gasteiger partial charge is 0.327 e. The van der Waals surface area contributed by atoms with Crippen molar-refractivity contribution in [3.63, 3.8) is 0 Å². The summed E-state index contributed by atoms with van der Waals surface area (Å²) in [5, 5.41) is 0. The minimum atomic E-state index is -0.138. The van der Waals surface area contributed by atoms with Gasteiger partial charge in [-0.2, -0.15) is 0 Å². The van der Waals surface area contributed by atoms with Crippen molar-refractivity contribution in [2.45, 2.75) is 31.7 Å². The highest BCUT2D eigenvalue weighted by Crippen LogP contribution is 2.33. The molecule has 1 aliphatic carbocycles. The van der Waals surface area contributed by atoms with E-state index in [4.69, 9.17) is 5.73 Å². The number of hydrogen-bond acceptors (Lipinski definition) is 1. The fourth-order valence-electron chi connectivity index (χ4n) is 1.82. The lowest BCUT2D eigenvalue weighted by Crippen LogP contribution is -2.23. The van der Waals surface area contributed by atoms with Gasteiger partial charge in [0, 0.05) is 6.04 Å². The maximum Gasteiger partial charge on any atom is 0.140 e. The third-order valence-electron chi connectivity index (χ3n) is 3.01. The minimum absolute atomic E-state index is 0.138. The number of rotatable bonds is 4. The molecule has 0 saturated heterocycles. The molecule has 1 atom stereocenters. The number of benzene rings is 1. The molecule has 15 heavy (non-hydrogen) atoms. The molecule has 0 heterocycles. The predicted octanol–water partition coefficient (Wildman–Crippen LogP) is 3.26. The molecule has 0 aromatic heterocycles. The van der Waals surface area contributed by atoms with E-state index in [-0.39, 0.29) is 11.9 Å². The zero-order valence-electron chi connectivity index (χ0n) is 8.55. The maximum atomic E-state index is 13.6. The highest BCUT2D eigenvalue weighted by Gasteiger charge is 2.28. The van der Waals surface area contributed by atoms with Crippen molar-refractivity contribution in [2.24, 2.45) is 11.7 Å². The second-order valence-corrected chi connectivity index (χ2v) is 5.11. The number of aryl methyl sites for hydroxylation is 1. The molecule has 1 saturated carbocycles. The molecule has 82 valence electrons. The molecule has 2 N–H and O–H groups in total. The molecule has 1 fully saturated rings. The van der Waals surface area contributed by atoms with Crippen LogP contribution in [0.5, 0.6) is 0 Å². The SMILES string of the molecule is NC(CCc1cccc(Br)c1F)C1CC1. The molecule has 0 radical (unpaired) electrons. The van der Waals surface area contributed by atoms with Crippen LogP contribution in [0.15, 0.2) is 22.7 Å². The van der Waals surface area contributed by atoms with Gasteiger partial charge in [0.05, 0.1) is 4.47 Å². The van der Waals surface area contributed by atoms with Crippen LogP contribution in [0.1, 0.15) is 24.8 Å². The fraction of sp³-hybridized carbons (Fsp3) is 0.500. The van der Waals surface area contributed by atoms with E-state index in [2.05, 4.69) is 15.9 Å². The van der Waals surface area contributed by atoms with E-state index >= 15 is 0 Å². The van der Waals surface area contributed by atoms with Gasteiger partial charge in [-0.05, 0) is 59.2 Å². The topological polar surface area (TPSA) is 26.0 Å². The first-order valence-electron chi connectivity index (χ1n) is 5.37. The molecule has 1 aromatic rings. The Balaban J connectivity index is 1.95. The van der Waals surface area contributed by atoms with Gasteiger partial charge >= 0.3 is 0 Å². The number of halogens is 2. The monoisotopic (exact) mass is 271 g/mol.